The number of likely N-dealkylation sites (tertiary alicyclic amines) is 1. The van der Waals surface area contributed by atoms with E-state index in [-0.39, 0.29) is 10.8 Å². The van der Waals surface area contributed by atoms with E-state index in [0.29, 0.717) is 30.1 Å². The highest BCUT2D eigenvalue weighted by Crippen LogP contribution is 2.35. The van der Waals surface area contributed by atoms with E-state index in [2.05, 4.69) is 19.9 Å². The van der Waals surface area contributed by atoms with E-state index >= 15 is 0 Å². The molecule has 176 valence electrons. The summed E-state index contributed by atoms with van der Waals surface area (Å²) in [7, 11) is -0.558. The van der Waals surface area contributed by atoms with Gasteiger partial charge in [0, 0.05) is 32.7 Å². The molecule has 1 saturated heterocycles. The van der Waals surface area contributed by atoms with E-state index in [9.17, 15) is 13.2 Å². The zero-order valence-corrected chi connectivity index (χ0v) is 19.7. The van der Waals surface area contributed by atoms with Crippen LogP contribution in [0.15, 0.2) is 60.0 Å². The Balaban J connectivity index is 1.42. The number of fused-ring (bicyclic) bond motifs is 1. The van der Waals surface area contributed by atoms with E-state index < -0.39 is 15.6 Å². The van der Waals surface area contributed by atoms with Crippen molar-refractivity contribution in [2.24, 2.45) is 7.05 Å². The van der Waals surface area contributed by atoms with Crippen LogP contribution in [0.5, 0.6) is 0 Å². The predicted molar refractivity (Wildman–Crippen MR) is 124 cm³/mol. The van der Waals surface area contributed by atoms with Crippen molar-refractivity contribution < 1.29 is 17.9 Å². The first-order valence-corrected chi connectivity index (χ1v) is 12.0. The monoisotopic (exact) mass is 481 g/mol. The third-order valence-electron chi connectivity index (χ3n) is 6.11. The Kier molecular flexibility index (Phi) is 5.14. The Bertz CT molecular complexity index is 1500. The van der Waals surface area contributed by atoms with Crippen LogP contribution < -0.4 is 4.72 Å². The first-order chi connectivity index (χ1) is 16.2. The van der Waals surface area contributed by atoms with Gasteiger partial charge in [-0.2, -0.15) is 10.2 Å². The van der Waals surface area contributed by atoms with E-state index in [1.807, 2.05) is 12.1 Å². The molecule has 4 heterocycles. The number of ether oxygens (including phenoxy) is 1. The zero-order chi connectivity index (χ0) is 24.1. The van der Waals surface area contributed by atoms with Crippen molar-refractivity contribution in [1.29, 1.82) is 0 Å². The van der Waals surface area contributed by atoms with Gasteiger partial charge >= 0.3 is 0 Å². The molecule has 0 aliphatic carbocycles. The summed E-state index contributed by atoms with van der Waals surface area (Å²) in [5.74, 6) is 0.420. The van der Waals surface area contributed by atoms with Gasteiger partial charge in [0.15, 0.2) is 5.82 Å². The summed E-state index contributed by atoms with van der Waals surface area (Å²) in [5.41, 5.74) is 1.30. The van der Waals surface area contributed by atoms with Crippen LogP contribution in [0.3, 0.4) is 0 Å². The maximum absolute atomic E-state index is 13.1. The molecular formula is C22H23N7O4S. The number of benzene rings is 1. The molecule has 0 spiro atoms. The topological polar surface area (TPSA) is 124 Å². The number of para-hydroxylation sites is 1. The number of carbonyl (C=O) groups is 1. The molecule has 34 heavy (non-hydrogen) atoms. The van der Waals surface area contributed by atoms with Crippen LogP contribution in [0, 0.1) is 0 Å². The number of carbonyl (C=O) groups excluding carboxylic acids is 1. The number of hydrogen-bond acceptors (Lipinski definition) is 7. The lowest BCUT2D eigenvalue weighted by Gasteiger charge is -2.49. The lowest BCUT2D eigenvalue weighted by molar-refractivity contribution is -0.162. The molecule has 1 fully saturated rings. The minimum Gasteiger partial charge on any atom is -0.370 e. The van der Waals surface area contributed by atoms with Crippen molar-refractivity contribution >= 4 is 32.5 Å². The molecule has 1 aromatic carbocycles. The number of sulfonamides is 1. The number of aryl methyl sites for hydroxylation is 1. The molecule has 0 bridgehead atoms. The van der Waals surface area contributed by atoms with Gasteiger partial charge in [-0.1, -0.05) is 12.1 Å². The van der Waals surface area contributed by atoms with Gasteiger partial charge in [-0.25, -0.2) is 18.1 Å². The van der Waals surface area contributed by atoms with Gasteiger partial charge in [-0.3, -0.25) is 14.2 Å². The third-order valence-corrected chi connectivity index (χ3v) is 7.43. The number of rotatable bonds is 6. The van der Waals surface area contributed by atoms with Crippen LogP contribution in [-0.4, -0.2) is 64.0 Å². The lowest BCUT2D eigenvalue weighted by Crippen LogP contribution is -2.61. The Morgan fingerprint density at radius 1 is 1.18 bits per heavy atom. The molecule has 0 saturated carbocycles. The molecule has 12 heteroatoms. The average molecular weight is 482 g/mol. The number of pyridine rings is 1. The second-order valence-corrected chi connectivity index (χ2v) is 9.90. The molecular weight excluding hydrogens is 458 g/mol. The van der Waals surface area contributed by atoms with Gasteiger partial charge < -0.3 is 9.64 Å². The fourth-order valence-corrected chi connectivity index (χ4v) is 5.14. The fourth-order valence-electron chi connectivity index (χ4n) is 4.14. The van der Waals surface area contributed by atoms with E-state index in [1.54, 1.807) is 54.3 Å². The quantitative estimate of drug-likeness (QED) is 0.444. The van der Waals surface area contributed by atoms with Crippen LogP contribution in [0.2, 0.25) is 0 Å². The highest BCUT2D eigenvalue weighted by Gasteiger charge is 2.46. The highest BCUT2D eigenvalue weighted by molar-refractivity contribution is 7.92. The molecule has 3 aromatic heterocycles. The summed E-state index contributed by atoms with van der Waals surface area (Å²) < 4.78 is 37.5. The largest absolute Gasteiger partial charge is 0.370 e. The third kappa shape index (κ3) is 3.60. The standard InChI is InChI=1S/C22H23N7O4S/c1-15(30)28-13-22(14-28,33-3)17-7-8-23-20(9-17)29-12-18(11-25-29)34(31,32)26-19-6-4-5-16-10-24-27(2)21(16)19/h4-12,26H,13-14H2,1-3H3. The molecule has 0 atom stereocenters. The number of methoxy groups -OCH3 is 1. The lowest BCUT2D eigenvalue weighted by atomic mass is 9.86. The highest BCUT2D eigenvalue weighted by atomic mass is 32.2. The number of anilines is 1. The van der Waals surface area contributed by atoms with E-state index in [1.165, 1.54) is 24.0 Å². The first kappa shape index (κ1) is 22.0. The molecule has 1 aliphatic heterocycles. The molecule has 0 unspecified atom stereocenters. The number of aromatic nitrogens is 5. The number of nitrogens with zero attached hydrogens (tertiary/aromatic N) is 6. The Morgan fingerprint density at radius 2 is 1.97 bits per heavy atom. The van der Waals surface area contributed by atoms with Crippen molar-refractivity contribution in [3.63, 3.8) is 0 Å². The van der Waals surface area contributed by atoms with Crippen LogP contribution in [0.1, 0.15) is 12.5 Å². The van der Waals surface area contributed by atoms with Gasteiger partial charge in [0.1, 0.15) is 10.5 Å². The van der Waals surface area contributed by atoms with Crippen molar-refractivity contribution in [2.75, 3.05) is 24.9 Å². The maximum Gasteiger partial charge on any atom is 0.265 e. The smallest absolute Gasteiger partial charge is 0.265 e. The van der Waals surface area contributed by atoms with Gasteiger partial charge in [0.2, 0.25) is 5.91 Å². The molecule has 5 rings (SSSR count). The minimum absolute atomic E-state index is 0.00766. The fraction of sp³-hybridized carbons (Fsp3) is 0.273. The maximum atomic E-state index is 13.1. The number of nitrogens with one attached hydrogen (secondary N) is 1. The van der Waals surface area contributed by atoms with Crippen molar-refractivity contribution in [1.82, 2.24) is 29.4 Å². The zero-order valence-electron chi connectivity index (χ0n) is 18.8. The number of amides is 1. The van der Waals surface area contributed by atoms with Crippen LogP contribution >= 0.6 is 0 Å². The van der Waals surface area contributed by atoms with Gasteiger partial charge in [0.25, 0.3) is 10.0 Å². The molecule has 1 amide bonds. The molecule has 0 radical (unpaired) electrons. The Hall–Kier alpha value is -3.77. The summed E-state index contributed by atoms with van der Waals surface area (Å²) in [6.45, 7) is 2.39. The second kappa shape index (κ2) is 7.92. The van der Waals surface area contributed by atoms with Crippen molar-refractivity contribution in [2.45, 2.75) is 17.4 Å². The number of hydrogen-bond donors (Lipinski definition) is 1. The molecule has 1 aliphatic rings. The normalized spacial score (nSPS) is 15.3. The Morgan fingerprint density at radius 3 is 2.71 bits per heavy atom. The van der Waals surface area contributed by atoms with E-state index in [0.717, 1.165) is 10.9 Å². The van der Waals surface area contributed by atoms with Gasteiger partial charge in [-0.15, -0.1) is 0 Å². The summed E-state index contributed by atoms with van der Waals surface area (Å²) in [6, 6.07) is 8.92. The van der Waals surface area contributed by atoms with Crippen molar-refractivity contribution in [3.8, 4) is 5.82 Å². The SMILES string of the molecule is COC1(c2ccnc(-n3cc(S(=O)(=O)Nc4cccc5cnn(C)c45)cn3)c2)CN(C(C)=O)C1. The molecule has 4 aromatic rings. The second-order valence-electron chi connectivity index (χ2n) is 8.21. The minimum atomic E-state index is -3.91. The van der Waals surface area contributed by atoms with Crippen LogP contribution in [0.25, 0.3) is 16.7 Å². The predicted octanol–water partition coefficient (Wildman–Crippen LogP) is 1.66. The molecule has 1 N–H and O–H groups in total. The van der Waals surface area contributed by atoms with Gasteiger partial charge in [0.05, 0.1) is 42.9 Å². The molecule has 11 nitrogen and oxygen atoms in total. The van der Waals surface area contributed by atoms with E-state index in [4.69, 9.17) is 4.74 Å². The van der Waals surface area contributed by atoms with Crippen molar-refractivity contribution in [3.05, 3.63) is 60.7 Å². The summed E-state index contributed by atoms with van der Waals surface area (Å²) in [6.07, 6.45) is 5.96. The Labute approximate surface area is 196 Å². The van der Waals surface area contributed by atoms with Gasteiger partial charge in [-0.05, 0) is 23.8 Å². The summed E-state index contributed by atoms with van der Waals surface area (Å²) in [5, 5.41) is 9.23. The summed E-state index contributed by atoms with van der Waals surface area (Å²) in [4.78, 5) is 17.6. The average Bonchev–Trinajstić information content (AvgIpc) is 3.42. The first-order valence-electron chi connectivity index (χ1n) is 10.5. The van der Waals surface area contributed by atoms with Crippen LogP contribution in [0.4, 0.5) is 5.69 Å². The summed E-state index contributed by atoms with van der Waals surface area (Å²) >= 11 is 0. The van der Waals surface area contributed by atoms with Crippen LogP contribution in [-0.2, 0) is 32.2 Å².